The Morgan fingerprint density at radius 1 is 1.29 bits per heavy atom. The first-order valence-corrected chi connectivity index (χ1v) is 4.45. The SMILES string of the molecule is O=Cc1c(I)cc(F)cc1C(F)(F)F. The van der Waals surface area contributed by atoms with Crippen LogP contribution in [0.25, 0.3) is 0 Å². The average molecular weight is 318 g/mol. The molecule has 1 aromatic rings. The van der Waals surface area contributed by atoms with Crippen LogP contribution in [0.1, 0.15) is 15.9 Å². The van der Waals surface area contributed by atoms with Gasteiger partial charge in [-0.15, -0.1) is 0 Å². The molecule has 1 rings (SSSR count). The smallest absolute Gasteiger partial charge is 0.298 e. The molecule has 1 nitrogen and oxygen atoms in total. The standard InChI is InChI=1S/C8H3F4IO/c9-4-1-6(8(10,11)12)5(3-14)7(13)2-4/h1-3H. The number of aldehydes is 1. The monoisotopic (exact) mass is 318 g/mol. The topological polar surface area (TPSA) is 17.1 Å². The summed E-state index contributed by atoms with van der Waals surface area (Å²) < 4.78 is 49.4. The fourth-order valence-corrected chi connectivity index (χ4v) is 1.65. The van der Waals surface area contributed by atoms with Crippen LogP contribution in [0, 0.1) is 9.39 Å². The second kappa shape index (κ2) is 3.84. The lowest BCUT2D eigenvalue weighted by molar-refractivity contribution is -0.138. The number of halogens is 5. The van der Waals surface area contributed by atoms with Crippen LogP contribution in [-0.4, -0.2) is 6.29 Å². The third-order valence-electron chi connectivity index (χ3n) is 1.52. The first-order chi connectivity index (χ1) is 6.36. The predicted octanol–water partition coefficient (Wildman–Crippen LogP) is 3.26. The Bertz CT molecular complexity index is 372. The number of carbonyl (C=O) groups excluding carboxylic acids is 1. The maximum Gasteiger partial charge on any atom is 0.417 e. The molecule has 6 heteroatoms. The Hall–Kier alpha value is -0.660. The second-order valence-corrected chi connectivity index (χ2v) is 3.63. The highest BCUT2D eigenvalue weighted by molar-refractivity contribution is 14.1. The van der Waals surface area contributed by atoms with Gasteiger partial charge in [0.05, 0.1) is 5.56 Å². The molecule has 0 aliphatic heterocycles. The van der Waals surface area contributed by atoms with Crippen LogP contribution in [0.15, 0.2) is 12.1 Å². The van der Waals surface area contributed by atoms with Crippen molar-refractivity contribution in [1.82, 2.24) is 0 Å². The van der Waals surface area contributed by atoms with E-state index < -0.39 is 23.1 Å². The van der Waals surface area contributed by atoms with Crippen molar-refractivity contribution in [3.05, 3.63) is 32.6 Å². The zero-order chi connectivity index (χ0) is 10.9. The Morgan fingerprint density at radius 2 is 1.86 bits per heavy atom. The van der Waals surface area contributed by atoms with E-state index >= 15 is 0 Å². The molecular weight excluding hydrogens is 315 g/mol. The van der Waals surface area contributed by atoms with Crippen LogP contribution in [-0.2, 0) is 6.18 Å². The molecule has 14 heavy (non-hydrogen) atoms. The summed E-state index contributed by atoms with van der Waals surface area (Å²) >= 11 is 1.48. The van der Waals surface area contributed by atoms with E-state index in [0.717, 1.165) is 6.07 Å². The number of hydrogen-bond acceptors (Lipinski definition) is 1. The van der Waals surface area contributed by atoms with Crippen LogP contribution >= 0.6 is 22.6 Å². The van der Waals surface area contributed by atoms with Crippen LogP contribution in [0.3, 0.4) is 0 Å². The molecular formula is C8H3F4IO. The van der Waals surface area contributed by atoms with Gasteiger partial charge in [0.2, 0.25) is 0 Å². The number of hydrogen-bond donors (Lipinski definition) is 0. The Morgan fingerprint density at radius 3 is 2.29 bits per heavy atom. The molecule has 0 amide bonds. The summed E-state index contributed by atoms with van der Waals surface area (Å²) in [6.45, 7) is 0. The van der Waals surface area contributed by atoms with E-state index in [1.54, 1.807) is 0 Å². The maximum absolute atomic E-state index is 12.7. The highest BCUT2D eigenvalue weighted by Crippen LogP contribution is 2.33. The van der Waals surface area contributed by atoms with Crippen LogP contribution < -0.4 is 0 Å². The molecule has 0 fully saturated rings. The summed E-state index contributed by atoms with van der Waals surface area (Å²) in [6, 6.07) is 1.19. The first kappa shape index (κ1) is 11.4. The van der Waals surface area contributed by atoms with Crippen molar-refractivity contribution in [1.29, 1.82) is 0 Å². The fourth-order valence-electron chi connectivity index (χ4n) is 0.939. The average Bonchev–Trinajstić information content (AvgIpc) is 2.01. The second-order valence-electron chi connectivity index (χ2n) is 2.46. The van der Waals surface area contributed by atoms with E-state index in [4.69, 9.17) is 0 Å². The molecule has 0 bridgehead atoms. The van der Waals surface area contributed by atoms with Gasteiger partial charge in [0.1, 0.15) is 5.82 Å². The molecule has 1 aromatic carbocycles. The lowest BCUT2D eigenvalue weighted by Crippen LogP contribution is -2.10. The highest BCUT2D eigenvalue weighted by atomic mass is 127. The fraction of sp³-hybridized carbons (Fsp3) is 0.125. The minimum atomic E-state index is -4.71. The summed E-state index contributed by atoms with van der Waals surface area (Å²) in [5.41, 5.74) is -1.77. The number of alkyl halides is 3. The van der Waals surface area contributed by atoms with Gasteiger partial charge in [0.15, 0.2) is 6.29 Å². The van der Waals surface area contributed by atoms with E-state index in [-0.39, 0.29) is 9.86 Å². The van der Waals surface area contributed by atoms with Crippen molar-refractivity contribution < 1.29 is 22.4 Å². The minimum Gasteiger partial charge on any atom is -0.298 e. The zero-order valence-corrected chi connectivity index (χ0v) is 8.69. The van der Waals surface area contributed by atoms with Gasteiger partial charge in [-0.25, -0.2) is 4.39 Å². The van der Waals surface area contributed by atoms with Gasteiger partial charge in [-0.1, -0.05) is 0 Å². The molecule has 0 aliphatic rings. The van der Waals surface area contributed by atoms with Gasteiger partial charge < -0.3 is 0 Å². The zero-order valence-electron chi connectivity index (χ0n) is 6.53. The van der Waals surface area contributed by atoms with Gasteiger partial charge in [-0.2, -0.15) is 13.2 Å². The van der Waals surface area contributed by atoms with Crippen molar-refractivity contribution in [2.24, 2.45) is 0 Å². The molecule has 0 atom stereocenters. The van der Waals surface area contributed by atoms with Crippen LogP contribution in [0.4, 0.5) is 17.6 Å². The Balaban J connectivity index is 3.48. The molecule has 76 valence electrons. The largest absolute Gasteiger partial charge is 0.417 e. The quantitative estimate of drug-likeness (QED) is 0.441. The minimum absolute atomic E-state index is 0.0510. The van der Waals surface area contributed by atoms with Crippen LogP contribution in [0.2, 0.25) is 0 Å². The normalized spacial score (nSPS) is 11.5. The lowest BCUT2D eigenvalue weighted by atomic mass is 10.1. The molecule has 0 aromatic heterocycles. The number of rotatable bonds is 1. The van der Waals surface area contributed by atoms with Gasteiger partial charge in [-0.3, -0.25) is 4.79 Å². The summed E-state index contributed by atoms with van der Waals surface area (Å²) in [5.74, 6) is -1.01. The molecule has 0 heterocycles. The van der Waals surface area contributed by atoms with Crippen molar-refractivity contribution in [2.75, 3.05) is 0 Å². The summed E-state index contributed by atoms with van der Waals surface area (Å²) in [5, 5.41) is 0. The van der Waals surface area contributed by atoms with Crippen molar-refractivity contribution in [3.63, 3.8) is 0 Å². The van der Waals surface area contributed by atoms with Gasteiger partial charge in [-0.05, 0) is 34.7 Å². The van der Waals surface area contributed by atoms with E-state index in [2.05, 4.69) is 0 Å². The molecule has 0 spiro atoms. The third-order valence-corrected chi connectivity index (χ3v) is 2.41. The molecule has 0 saturated carbocycles. The molecule has 0 N–H and O–H groups in total. The number of carbonyl (C=O) groups is 1. The highest BCUT2D eigenvalue weighted by Gasteiger charge is 2.34. The van der Waals surface area contributed by atoms with E-state index in [0.29, 0.717) is 6.07 Å². The maximum atomic E-state index is 12.7. The first-order valence-electron chi connectivity index (χ1n) is 3.37. The van der Waals surface area contributed by atoms with Crippen LogP contribution in [0.5, 0.6) is 0 Å². The molecule has 0 saturated heterocycles. The molecule has 0 radical (unpaired) electrons. The van der Waals surface area contributed by atoms with Gasteiger partial charge in [0, 0.05) is 9.13 Å². The third kappa shape index (κ3) is 2.23. The summed E-state index contributed by atoms with van der Waals surface area (Å²) in [6.07, 6.45) is -4.64. The summed E-state index contributed by atoms with van der Waals surface area (Å²) in [7, 11) is 0. The van der Waals surface area contributed by atoms with E-state index in [1.807, 2.05) is 0 Å². The van der Waals surface area contributed by atoms with E-state index in [9.17, 15) is 22.4 Å². The Kier molecular flexibility index (Phi) is 3.13. The van der Waals surface area contributed by atoms with Crippen molar-refractivity contribution in [2.45, 2.75) is 6.18 Å². The lowest BCUT2D eigenvalue weighted by Gasteiger charge is -2.10. The summed E-state index contributed by atoms with van der Waals surface area (Å²) in [4.78, 5) is 10.4. The van der Waals surface area contributed by atoms with E-state index in [1.165, 1.54) is 22.6 Å². The molecule has 0 unspecified atom stereocenters. The van der Waals surface area contributed by atoms with Gasteiger partial charge in [0.25, 0.3) is 0 Å². The molecule has 0 aliphatic carbocycles. The Labute approximate surface area is 90.2 Å². The van der Waals surface area contributed by atoms with Gasteiger partial charge >= 0.3 is 6.18 Å². The predicted molar refractivity (Wildman–Crippen MR) is 49.5 cm³/mol. The van der Waals surface area contributed by atoms with Crippen molar-refractivity contribution in [3.8, 4) is 0 Å². The number of benzene rings is 1. The van der Waals surface area contributed by atoms with Crippen molar-refractivity contribution >= 4 is 28.9 Å².